The van der Waals surface area contributed by atoms with Gasteiger partial charge in [-0.1, -0.05) is 41.9 Å². The van der Waals surface area contributed by atoms with Crippen LogP contribution in [-0.2, 0) is 6.54 Å². The Bertz CT molecular complexity index is 969. The van der Waals surface area contributed by atoms with Crippen LogP contribution in [0.5, 0.6) is 5.75 Å². The van der Waals surface area contributed by atoms with Crippen molar-refractivity contribution in [3.63, 3.8) is 0 Å². The summed E-state index contributed by atoms with van der Waals surface area (Å²) in [5.41, 5.74) is 1.23. The summed E-state index contributed by atoms with van der Waals surface area (Å²) < 4.78 is 6.71. The highest BCUT2D eigenvalue weighted by molar-refractivity contribution is 6.36. The molecule has 0 bridgehead atoms. The first-order valence-electron chi connectivity index (χ1n) is 6.99. The number of rotatable bonds is 3. The summed E-state index contributed by atoms with van der Waals surface area (Å²) in [5, 5.41) is 10.2. The minimum atomic E-state index is -0.382. The van der Waals surface area contributed by atoms with E-state index in [0.717, 1.165) is 11.3 Å². The van der Waals surface area contributed by atoms with Gasteiger partial charge < -0.3 is 9.30 Å². The van der Waals surface area contributed by atoms with Gasteiger partial charge in [0, 0.05) is 5.39 Å². The first-order valence-corrected chi connectivity index (χ1v) is 7.37. The molecule has 0 unspecified atom stereocenters. The van der Waals surface area contributed by atoms with Crippen molar-refractivity contribution in [1.82, 2.24) is 4.57 Å². The average molecular weight is 325 g/mol. The normalized spacial score (nSPS) is 10.5. The van der Waals surface area contributed by atoms with Crippen LogP contribution in [0.25, 0.3) is 10.9 Å². The zero-order valence-corrected chi connectivity index (χ0v) is 13.2. The number of aromatic nitrogens is 1. The summed E-state index contributed by atoms with van der Waals surface area (Å²) in [4.78, 5) is 12.6. The van der Waals surface area contributed by atoms with Gasteiger partial charge in [0.1, 0.15) is 17.4 Å². The number of pyridine rings is 1. The fraction of sp³-hybridized carbons (Fsp3) is 0.111. The molecular formula is C18H13ClN2O2. The summed E-state index contributed by atoms with van der Waals surface area (Å²) in [7, 11) is 1.60. The van der Waals surface area contributed by atoms with Crippen LogP contribution in [0, 0.1) is 11.3 Å². The Labute approximate surface area is 138 Å². The third-order valence-corrected chi connectivity index (χ3v) is 4.11. The minimum absolute atomic E-state index is 0.0288. The highest BCUT2D eigenvalue weighted by Gasteiger charge is 2.15. The molecule has 114 valence electrons. The summed E-state index contributed by atoms with van der Waals surface area (Å²) in [6.07, 6.45) is 0. The van der Waals surface area contributed by atoms with E-state index in [1.54, 1.807) is 11.7 Å². The second-order valence-electron chi connectivity index (χ2n) is 5.06. The zero-order chi connectivity index (χ0) is 16.4. The van der Waals surface area contributed by atoms with Gasteiger partial charge in [-0.15, -0.1) is 0 Å². The van der Waals surface area contributed by atoms with Gasteiger partial charge in [0.05, 0.1) is 24.2 Å². The molecule has 2 aromatic carbocycles. The van der Waals surface area contributed by atoms with E-state index in [1.165, 1.54) is 0 Å². The van der Waals surface area contributed by atoms with Crippen molar-refractivity contribution in [2.45, 2.75) is 6.54 Å². The number of hydrogen-bond donors (Lipinski definition) is 0. The number of hydrogen-bond acceptors (Lipinski definition) is 3. The van der Waals surface area contributed by atoms with Crippen LogP contribution in [0.15, 0.2) is 53.3 Å². The van der Waals surface area contributed by atoms with E-state index >= 15 is 0 Å². The molecule has 0 spiro atoms. The van der Waals surface area contributed by atoms with Crippen molar-refractivity contribution in [2.24, 2.45) is 0 Å². The van der Waals surface area contributed by atoms with E-state index < -0.39 is 0 Å². The van der Waals surface area contributed by atoms with Crippen molar-refractivity contribution in [3.8, 4) is 11.8 Å². The van der Waals surface area contributed by atoms with E-state index in [1.807, 2.05) is 54.6 Å². The van der Waals surface area contributed by atoms with E-state index in [9.17, 15) is 10.1 Å². The molecule has 0 N–H and O–H groups in total. The van der Waals surface area contributed by atoms with E-state index in [0.29, 0.717) is 17.4 Å². The molecule has 0 fully saturated rings. The van der Waals surface area contributed by atoms with Gasteiger partial charge in [-0.05, 0) is 23.8 Å². The Kier molecular flexibility index (Phi) is 4.05. The number of halogens is 1. The molecule has 0 saturated heterocycles. The average Bonchev–Trinajstić information content (AvgIpc) is 2.59. The lowest BCUT2D eigenvalue weighted by Crippen LogP contribution is -2.24. The van der Waals surface area contributed by atoms with E-state index in [4.69, 9.17) is 16.3 Å². The fourth-order valence-electron chi connectivity index (χ4n) is 2.53. The predicted molar refractivity (Wildman–Crippen MR) is 90.0 cm³/mol. The molecule has 0 radical (unpaired) electrons. The molecule has 0 aliphatic heterocycles. The second kappa shape index (κ2) is 6.15. The smallest absolute Gasteiger partial charge is 0.270 e. The van der Waals surface area contributed by atoms with Crippen LogP contribution >= 0.6 is 11.6 Å². The molecule has 1 heterocycles. The Balaban J connectivity index is 2.20. The summed E-state index contributed by atoms with van der Waals surface area (Å²) in [6, 6.07) is 16.7. The Morgan fingerprint density at radius 2 is 1.87 bits per heavy atom. The van der Waals surface area contributed by atoms with Gasteiger partial charge in [-0.25, -0.2) is 0 Å². The third-order valence-electron chi connectivity index (χ3n) is 3.72. The van der Waals surface area contributed by atoms with E-state index in [-0.39, 0.29) is 16.1 Å². The molecule has 1 aromatic heterocycles. The van der Waals surface area contributed by atoms with Crippen LogP contribution < -0.4 is 10.3 Å². The molecule has 4 nitrogen and oxygen atoms in total. The Morgan fingerprint density at radius 3 is 2.52 bits per heavy atom. The van der Waals surface area contributed by atoms with Crippen LogP contribution in [0.3, 0.4) is 0 Å². The maximum absolute atomic E-state index is 12.6. The Morgan fingerprint density at radius 1 is 1.17 bits per heavy atom. The van der Waals surface area contributed by atoms with Crippen molar-refractivity contribution < 1.29 is 4.74 Å². The summed E-state index contributed by atoms with van der Waals surface area (Å²) >= 11 is 6.21. The molecule has 3 aromatic rings. The van der Waals surface area contributed by atoms with Gasteiger partial charge in [0.25, 0.3) is 5.56 Å². The van der Waals surface area contributed by atoms with Crippen LogP contribution in [0.4, 0.5) is 0 Å². The van der Waals surface area contributed by atoms with Gasteiger partial charge in [-0.3, -0.25) is 4.79 Å². The number of methoxy groups -OCH3 is 1. The van der Waals surface area contributed by atoms with Gasteiger partial charge in [0.2, 0.25) is 0 Å². The number of ether oxygens (including phenoxy) is 1. The van der Waals surface area contributed by atoms with Crippen LogP contribution in [0.2, 0.25) is 5.02 Å². The first-order chi connectivity index (χ1) is 11.2. The summed E-state index contributed by atoms with van der Waals surface area (Å²) in [6.45, 7) is 0.356. The molecular weight excluding hydrogens is 312 g/mol. The molecule has 0 amide bonds. The molecule has 5 heteroatoms. The highest BCUT2D eigenvalue weighted by Crippen LogP contribution is 2.25. The fourth-order valence-corrected chi connectivity index (χ4v) is 2.82. The molecule has 0 atom stereocenters. The third kappa shape index (κ3) is 2.67. The lowest BCUT2D eigenvalue weighted by molar-refractivity contribution is 0.414. The lowest BCUT2D eigenvalue weighted by Gasteiger charge is -2.13. The first kappa shape index (κ1) is 15.1. The number of benzene rings is 2. The topological polar surface area (TPSA) is 55.0 Å². The zero-order valence-electron chi connectivity index (χ0n) is 12.4. The van der Waals surface area contributed by atoms with Crippen molar-refractivity contribution >= 4 is 22.5 Å². The molecule has 0 aliphatic carbocycles. The second-order valence-corrected chi connectivity index (χ2v) is 5.44. The number of para-hydroxylation sites is 1. The monoisotopic (exact) mass is 324 g/mol. The SMILES string of the molecule is COc1ccc(Cn2c(=O)c(C#N)c(Cl)c3ccccc32)cc1. The standard InChI is InChI=1S/C18H13ClN2O2/c1-23-13-8-6-12(7-9-13)11-21-16-5-3-2-4-14(16)17(19)15(10-20)18(21)22/h2-9H,11H2,1H3. The predicted octanol–water partition coefficient (Wildman–Crippen LogP) is 3.58. The molecule has 3 rings (SSSR count). The van der Waals surface area contributed by atoms with Crippen LogP contribution in [0.1, 0.15) is 11.1 Å². The maximum Gasteiger partial charge on any atom is 0.270 e. The number of fused-ring (bicyclic) bond motifs is 1. The molecule has 0 aliphatic rings. The number of nitriles is 1. The van der Waals surface area contributed by atoms with Crippen molar-refractivity contribution in [3.05, 3.63) is 75.0 Å². The quantitative estimate of drug-likeness (QED) is 0.740. The van der Waals surface area contributed by atoms with Gasteiger partial charge in [0.15, 0.2) is 0 Å². The van der Waals surface area contributed by atoms with E-state index in [2.05, 4.69) is 0 Å². The molecule has 0 saturated carbocycles. The van der Waals surface area contributed by atoms with Crippen molar-refractivity contribution in [2.75, 3.05) is 7.11 Å². The number of nitrogens with zero attached hydrogens (tertiary/aromatic N) is 2. The van der Waals surface area contributed by atoms with Crippen LogP contribution in [-0.4, -0.2) is 11.7 Å². The van der Waals surface area contributed by atoms with Gasteiger partial charge >= 0.3 is 0 Å². The molecule has 23 heavy (non-hydrogen) atoms. The maximum atomic E-state index is 12.6. The minimum Gasteiger partial charge on any atom is -0.497 e. The van der Waals surface area contributed by atoms with Crippen molar-refractivity contribution in [1.29, 1.82) is 5.26 Å². The highest BCUT2D eigenvalue weighted by atomic mass is 35.5. The Hall–Kier alpha value is -2.77. The van der Waals surface area contributed by atoms with Gasteiger partial charge in [-0.2, -0.15) is 5.26 Å². The largest absolute Gasteiger partial charge is 0.497 e. The lowest BCUT2D eigenvalue weighted by atomic mass is 10.1. The summed E-state index contributed by atoms with van der Waals surface area (Å²) in [5.74, 6) is 0.750.